The normalized spacial score (nSPS) is 17.5. The number of hydrogen-bond acceptors (Lipinski definition) is 4. The minimum absolute atomic E-state index is 0.0601. The Bertz CT molecular complexity index is 195. The zero-order valence-corrected chi connectivity index (χ0v) is 9.16. The van der Waals surface area contributed by atoms with Crippen LogP contribution in [0, 0.1) is 5.92 Å². The molecule has 15 heavy (non-hydrogen) atoms. The van der Waals surface area contributed by atoms with Gasteiger partial charge in [0.25, 0.3) is 0 Å². The SMILES string of the molecule is COCCNC(=O)CNCC(O)C1CC1. The van der Waals surface area contributed by atoms with Crippen molar-refractivity contribution in [2.45, 2.75) is 18.9 Å². The van der Waals surface area contributed by atoms with E-state index in [1.807, 2.05) is 0 Å². The summed E-state index contributed by atoms with van der Waals surface area (Å²) in [5.74, 6) is 0.393. The Balaban J connectivity index is 1.91. The first-order valence-electron chi connectivity index (χ1n) is 5.38. The lowest BCUT2D eigenvalue weighted by Crippen LogP contribution is -2.38. The molecule has 1 unspecified atom stereocenters. The summed E-state index contributed by atoms with van der Waals surface area (Å²) < 4.78 is 4.80. The molecule has 1 aliphatic carbocycles. The molecule has 0 aromatic heterocycles. The largest absolute Gasteiger partial charge is 0.392 e. The summed E-state index contributed by atoms with van der Waals surface area (Å²) in [4.78, 5) is 11.2. The van der Waals surface area contributed by atoms with Gasteiger partial charge in [-0.2, -0.15) is 0 Å². The molecule has 0 bridgehead atoms. The number of ether oxygens (including phenoxy) is 1. The summed E-state index contributed by atoms with van der Waals surface area (Å²) in [5, 5.41) is 15.1. The average molecular weight is 216 g/mol. The van der Waals surface area contributed by atoms with Crippen molar-refractivity contribution in [3.8, 4) is 0 Å². The summed E-state index contributed by atoms with van der Waals surface area (Å²) in [7, 11) is 1.59. The molecular weight excluding hydrogens is 196 g/mol. The number of carbonyl (C=O) groups is 1. The second kappa shape index (κ2) is 6.76. The van der Waals surface area contributed by atoms with Gasteiger partial charge >= 0.3 is 0 Å². The Kier molecular flexibility index (Phi) is 5.60. The number of hydrogen-bond donors (Lipinski definition) is 3. The molecule has 0 radical (unpaired) electrons. The molecule has 1 fully saturated rings. The number of nitrogens with one attached hydrogen (secondary N) is 2. The van der Waals surface area contributed by atoms with E-state index in [9.17, 15) is 9.90 Å². The molecule has 0 aromatic rings. The maximum absolute atomic E-state index is 11.2. The van der Waals surface area contributed by atoms with Gasteiger partial charge in [0.05, 0.1) is 19.3 Å². The zero-order chi connectivity index (χ0) is 11.1. The van der Waals surface area contributed by atoms with E-state index in [-0.39, 0.29) is 18.6 Å². The first-order chi connectivity index (χ1) is 7.24. The fourth-order valence-corrected chi connectivity index (χ4v) is 1.34. The topological polar surface area (TPSA) is 70.6 Å². The lowest BCUT2D eigenvalue weighted by atomic mass is 10.2. The van der Waals surface area contributed by atoms with Crippen LogP contribution in [0.2, 0.25) is 0 Å². The molecule has 88 valence electrons. The lowest BCUT2D eigenvalue weighted by molar-refractivity contribution is -0.120. The van der Waals surface area contributed by atoms with Gasteiger partial charge in [-0.15, -0.1) is 0 Å². The summed E-state index contributed by atoms with van der Waals surface area (Å²) in [5.41, 5.74) is 0. The van der Waals surface area contributed by atoms with Crippen molar-refractivity contribution in [1.29, 1.82) is 0 Å². The molecule has 1 saturated carbocycles. The van der Waals surface area contributed by atoms with E-state index >= 15 is 0 Å². The van der Waals surface area contributed by atoms with Crippen LogP contribution in [-0.4, -0.2) is 50.5 Å². The smallest absolute Gasteiger partial charge is 0.234 e. The predicted molar refractivity (Wildman–Crippen MR) is 56.5 cm³/mol. The van der Waals surface area contributed by atoms with Crippen LogP contribution in [0.4, 0.5) is 0 Å². The van der Waals surface area contributed by atoms with Crippen LogP contribution in [0.5, 0.6) is 0 Å². The minimum Gasteiger partial charge on any atom is -0.392 e. The molecule has 0 saturated heterocycles. The Morgan fingerprint density at radius 2 is 2.33 bits per heavy atom. The van der Waals surface area contributed by atoms with Gasteiger partial charge in [-0.05, 0) is 18.8 Å². The zero-order valence-electron chi connectivity index (χ0n) is 9.16. The highest BCUT2D eigenvalue weighted by atomic mass is 16.5. The highest BCUT2D eigenvalue weighted by molar-refractivity contribution is 5.77. The lowest BCUT2D eigenvalue weighted by Gasteiger charge is -2.10. The van der Waals surface area contributed by atoms with Crippen molar-refractivity contribution in [2.75, 3.05) is 33.4 Å². The molecular formula is C10H20N2O3. The van der Waals surface area contributed by atoms with Crippen LogP contribution in [0.1, 0.15) is 12.8 Å². The molecule has 1 amide bonds. The van der Waals surface area contributed by atoms with Gasteiger partial charge in [0, 0.05) is 20.2 Å². The second-order valence-corrected chi connectivity index (χ2v) is 3.88. The van der Waals surface area contributed by atoms with Crippen LogP contribution in [0.15, 0.2) is 0 Å². The molecule has 5 heteroatoms. The van der Waals surface area contributed by atoms with Crippen LogP contribution in [-0.2, 0) is 9.53 Å². The van der Waals surface area contributed by atoms with E-state index < -0.39 is 0 Å². The van der Waals surface area contributed by atoms with Gasteiger partial charge in [-0.1, -0.05) is 0 Å². The van der Waals surface area contributed by atoms with Crippen LogP contribution < -0.4 is 10.6 Å². The summed E-state index contributed by atoms with van der Waals surface area (Å²) in [6, 6.07) is 0. The number of aliphatic hydroxyl groups is 1. The quantitative estimate of drug-likeness (QED) is 0.460. The minimum atomic E-state index is -0.295. The van der Waals surface area contributed by atoms with E-state index in [0.29, 0.717) is 25.6 Å². The highest BCUT2D eigenvalue weighted by Crippen LogP contribution is 2.32. The van der Waals surface area contributed by atoms with Crippen molar-refractivity contribution >= 4 is 5.91 Å². The third-order valence-electron chi connectivity index (χ3n) is 2.43. The number of amides is 1. The Morgan fingerprint density at radius 3 is 2.93 bits per heavy atom. The number of aliphatic hydroxyl groups excluding tert-OH is 1. The van der Waals surface area contributed by atoms with E-state index in [1.54, 1.807) is 7.11 Å². The third-order valence-corrected chi connectivity index (χ3v) is 2.43. The maximum atomic E-state index is 11.2. The maximum Gasteiger partial charge on any atom is 0.234 e. The van der Waals surface area contributed by atoms with Crippen LogP contribution in [0.25, 0.3) is 0 Å². The second-order valence-electron chi connectivity index (χ2n) is 3.88. The monoisotopic (exact) mass is 216 g/mol. The molecule has 0 heterocycles. The average Bonchev–Trinajstić information content (AvgIpc) is 3.01. The van der Waals surface area contributed by atoms with Gasteiger partial charge in [0.15, 0.2) is 0 Å². The summed E-state index contributed by atoms with van der Waals surface area (Å²) in [6.07, 6.45) is 1.93. The van der Waals surface area contributed by atoms with Gasteiger partial charge in [0.2, 0.25) is 5.91 Å². The third kappa shape index (κ3) is 5.71. The van der Waals surface area contributed by atoms with E-state index in [1.165, 1.54) is 0 Å². The van der Waals surface area contributed by atoms with Crippen molar-refractivity contribution in [3.63, 3.8) is 0 Å². The van der Waals surface area contributed by atoms with Crippen LogP contribution in [0.3, 0.4) is 0 Å². The first kappa shape index (κ1) is 12.4. The molecule has 0 aromatic carbocycles. The molecule has 1 aliphatic rings. The fourth-order valence-electron chi connectivity index (χ4n) is 1.34. The van der Waals surface area contributed by atoms with Crippen molar-refractivity contribution in [2.24, 2.45) is 5.92 Å². The fraction of sp³-hybridized carbons (Fsp3) is 0.900. The first-order valence-corrected chi connectivity index (χ1v) is 5.38. The van der Waals surface area contributed by atoms with E-state index in [4.69, 9.17) is 4.74 Å². The standard InChI is InChI=1S/C10H20N2O3/c1-15-5-4-12-10(14)7-11-6-9(13)8-2-3-8/h8-9,11,13H,2-7H2,1H3,(H,12,14). The molecule has 0 spiro atoms. The van der Waals surface area contributed by atoms with Crippen LogP contribution >= 0.6 is 0 Å². The molecule has 1 atom stereocenters. The van der Waals surface area contributed by atoms with Crippen molar-refractivity contribution < 1.29 is 14.6 Å². The Morgan fingerprint density at radius 1 is 1.60 bits per heavy atom. The number of methoxy groups -OCH3 is 1. The molecule has 1 rings (SSSR count). The number of carbonyl (C=O) groups excluding carboxylic acids is 1. The predicted octanol–water partition coefficient (Wildman–Crippen LogP) is -0.890. The Hall–Kier alpha value is -0.650. The van der Waals surface area contributed by atoms with Gasteiger partial charge < -0.3 is 20.5 Å². The molecule has 0 aliphatic heterocycles. The number of rotatable bonds is 8. The molecule has 5 nitrogen and oxygen atoms in total. The molecule has 3 N–H and O–H groups in total. The Labute approximate surface area is 90.2 Å². The van der Waals surface area contributed by atoms with Gasteiger partial charge in [-0.3, -0.25) is 4.79 Å². The van der Waals surface area contributed by atoms with E-state index in [2.05, 4.69) is 10.6 Å². The van der Waals surface area contributed by atoms with Gasteiger partial charge in [-0.25, -0.2) is 0 Å². The summed E-state index contributed by atoms with van der Waals surface area (Å²) >= 11 is 0. The highest BCUT2D eigenvalue weighted by Gasteiger charge is 2.29. The van der Waals surface area contributed by atoms with Crippen molar-refractivity contribution in [1.82, 2.24) is 10.6 Å². The van der Waals surface area contributed by atoms with Gasteiger partial charge in [0.1, 0.15) is 0 Å². The summed E-state index contributed by atoms with van der Waals surface area (Å²) in [6.45, 7) is 1.81. The van der Waals surface area contributed by atoms with Crippen molar-refractivity contribution in [3.05, 3.63) is 0 Å². The van der Waals surface area contributed by atoms with E-state index in [0.717, 1.165) is 12.8 Å².